The highest BCUT2D eigenvalue weighted by Gasteiger charge is 2.43. The highest BCUT2D eigenvalue weighted by atomic mass is 16.5. The number of nitrogens with one attached hydrogen (secondary N) is 1. The van der Waals surface area contributed by atoms with E-state index in [0.29, 0.717) is 24.4 Å². The summed E-state index contributed by atoms with van der Waals surface area (Å²) in [4.78, 5) is 11.1. The molecule has 4 atom stereocenters. The van der Waals surface area contributed by atoms with Crippen LogP contribution in [0.25, 0.3) is 0 Å². The Morgan fingerprint density at radius 1 is 1.53 bits per heavy atom. The van der Waals surface area contributed by atoms with Gasteiger partial charge in [-0.1, -0.05) is 13.8 Å². The highest BCUT2D eigenvalue weighted by Crippen LogP contribution is 2.33. The van der Waals surface area contributed by atoms with Crippen molar-refractivity contribution >= 4 is 5.97 Å². The van der Waals surface area contributed by atoms with Crippen molar-refractivity contribution in [1.82, 2.24) is 5.32 Å². The van der Waals surface area contributed by atoms with Crippen molar-refractivity contribution in [3.63, 3.8) is 0 Å². The monoisotopic (exact) mass is 241 g/mol. The van der Waals surface area contributed by atoms with Crippen LogP contribution in [0.1, 0.15) is 33.1 Å². The van der Waals surface area contributed by atoms with Gasteiger partial charge in [0.05, 0.1) is 6.10 Å². The summed E-state index contributed by atoms with van der Waals surface area (Å²) in [6.45, 7) is 5.99. The van der Waals surface area contributed by atoms with E-state index in [2.05, 4.69) is 19.2 Å². The van der Waals surface area contributed by atoms with Gasteiger partial charge in [-0.15, -0.1) is 0 Å². The zero-order valence-corrected chi connectivity index (χ0v) is 10.7. The van der Waals surface area contributed by atoms with E-state index in [9.17, 15) is 4.79 Å². The topological polar surface area (TPSA) is 58.6 Å². The van der Waals surface area contributed by atoms with Crippen molar-refractivity contribution in [2.24, 2.45) is 17.8 Å². The van der Waals surface area contributed by atoms with Gasteiger partial charge in [0.1, 0.15) is 6.04 Å². The molecule has 4 nitrogen and oxygen atoms in total. The average Bonchev–Trinajstić information content (AvgIpc) is 2.51. The smallest absolute Gasteiger partial charge is 0.323 e. The summed E-state index contributed by atoms with van der Waals surface area (Å²) in [7, 11) is 0. The van der Waals surface area contributed by atoms with Gasteiger partial charge >= 0.3 is 5.97 Å². The third-order valence-corrected chi connectivity index (χ3v) is 3.94. The molecular formula is C13H23NO3. The summed E-state index contributed by atoms with van der Waals surface area (Å²) >= 11 is 0. The molecule has 0 spiro atoms. The van der Waals surface area contributed by atoms with Crippen LogP contribution in [-0.2, 0) is 9.53 Å². The van der Waals surface area contributed by atoms with Crippen LogP contribution in [0.4, 0.5) is 0 Å². The molecule has 4 heteroatoms. The SMILES string of the molecule is CC(C)C[C@@H]1CCO[C@@H]2[C@H](CN[C@@H]2C(=O)O)C1. The van der Waals surface area contributed by atoms with Crippen molar-refractivity contribution < 1.29 is 14.6 Å². The summed E-state index contributed by atoms with van der Waals surface area (Å²) in [5.41, 5.74) is 0. The van der Waals surface area contributed by atoms with Crippen molar-refractivity contribution in [3.8, 4) is 0 Å². The molecule has 0 aromatic carbocycles. The van der Waals surface area contributed by atoms with Crippen LogP contribution in [0.15, 0.2) is 0 Å². The Hall–Kier alpha value is -0.610. The predicted molar refractivity (Wildman–Crippen MR) is 64.8 cm³/mol. The second kappa shape index (κ2) is 5.36. The van der Waals surface area contributed by atoms with E-state index < -0.39 is 12.0 Å². The Kier molecular flexibility index (Phi) is 4.05. The second-order valence-electron chi connectivity index (χ2n) is 5.84. The standard InChI is InChI=1S/C13H23NO3/c1-8(2)5-9-3-4-17-12-10(6-9)7-14-11(12)13(15)16/h8-12,14H,3-7H2,1-2H3,(H,15,16)/t9-,10-,11-,12+/m0/s1. The number of carboxylic acids is 1. The van der Waals surface area contributed by atoms with Gasteiger partial charge in [0.25, 0.3) is 0 Å². The molecule has 0 saturated carbocycles. The van der Waals surface area contributed by atoms with Crippen LogP contribution in [0.2, 0.25) is 0 Å². The summed E-state index contributed by atoms with van der Waals surface area (Å²) in [5, 5.41) is 12.2. The molecule has 2 heterocycles. The lowest BCUT2D eigenvalue weighted by atomic mass is 9.85. The molecule has 0 aliphatic carbocycles. The average molecular weight is 241 g/mol. The number of ether oxygens (including phenoxy) is 1. The largest absolute Gasteiger partial charge is 0.480 e. The number of carboxylic acid groups (broad SMARTS) is 1. The third-order valence-electron chi connectivity index (χ3n) is 3.94. The number of hydrogen-bond acceptors (Lipinski definition) is 3. The van der Waals surface area contributed by atoms with Gasteiger partial charge in [0.2, 0.25) is 0 Å². The highest BCUT2D eigenvalue weighted by molar-refractivity contribution is 5.74. The van der Waals surface area contributed by atoms with Gasteiger partial charge in [-0.05, 0) is 37.0 Å². The van der Waals surface area contributed by atoms with Gasteiger partial charge in [0.15, 0.2) is 0 Å². The van der Waals surface area contributed by atoms with Crippen molar-refractivity contribution in [3.05, 3.63) is 0 Å². The van der Waals surface area contributed by atoms with E-state index in [4.69, 9.17) is 9.84 Å². The Labute approximate surface area is 103 Å². The molecule has 98 valence electrons. The molecule has 0 unspecified atom stereocenters. The summed E-state index contributed by atoms with van der Waals surface area (Å²) in [6.07, 6.45) is 3.30. The van der Waals surface area contributed by atoms with Crippen molar-refractivity contribution in [2.75, 3.05) is 13.2 Å². The predicted octanol–water partition coefficient (Wildman–Crippen LogP) is 1.50. The summed E-state index contributed by atoms with van der Waals surface area (Å²) in [5.74, 6) is 1.00. The zero-order valence-electron chi connectivity index (χ0n) is 10.7. The van der Waals surface area contributed by atoms with Crippen molar-refractivity contribution in [1.29, 1.82) is 0 Å². The number of rotatable bonds is 3. The van der Waals surface area contributed by atoms with E-state index in [1.807, 2.05) is 0 Å². The maximum absolute atomic E-state index is 11.1. The lowest BCUT2D eigenvalue weighted by Gasteiger charge is -2.20. The zero-order chi connectivity index (χ0) is 12.4. The Bertz CT molecular complexity index is 280. The minimum absolute atomic E-state index is 0.121. The van der Waals surface area contributed by atoms with Gasteiger partial charge < -0.3 is 15.2 Å². The molecule has 0 bridgehead atoms. The Morgan fingerprint density at radius 2 is 2.29 bits per heavy atom. The van der Waals surface area contributed by atoms with Crippen LogP contribution >= 0.6 is 0 Å². The summed E-state index contributed by atoms with van der Waals surface area (Å²) < 4.78 is 5.77. The number of fused-ring (bicyclic) bond motifs is 1. The van der Waals surface area contributed by atoms with Gasteiger partial charge in [-0.25, -0.2) is 0 Å². The van der Waals surface area contributed by atoms with Gasteiger partial charge in [-0.2, -0.15) is 0 Å². The number of hydrogen-bond donors (Lipinski definition) is 2. The van der Waals surface area contributed by atoms with E-state index in [1.54, 1.807) is 0 Å². The maximum Gasteiger partial charge on any atom is 0.323 e. The Morgan fingerprint density at radius 3 is 2.94 bits per heavy atom. The van der Waals surface area contributed by atoms with Crippen LogP contribution in [0.3, 0.4) is 0 Å². The van der Waals surface area contributed by atoms with E-state index in [0.717, 1.165) is 19.4 Å². The van der Waals surface area contributed by atoms with Gasteiger partial charge in [0, 0.05) is 13.2 Å². The number of aliphatic carboxylic acids is 1. The lowest BCUT2D eigenvalue weighted by molar-refractivity contribution is -0.142. The molecule has 0 radical (unpaired) electrons. The molecular weight excluding hydrogens is 218 g/mol. The third kappa shape index (κ3) is 2.99. The molecule has 0 aromatic rings. The molecule has 2 rings (SSSR count). The number of carbonyl (C=O) groups is 1. The van der Waals surface area contributed by atoms with Crippen LogP contribution in [-0.4, -0.2) is 36.4 Å². The lowest BCUT2D eigenvalue weighted by Crippen LogP contribution is -2.40. The fourth-order valence-corrected chi connectivity index (χ4v) is 3.26. The Balaban J connectivity index is 1.97. The van der Waals surface area contributed by atoms with Crippen LogP contribution in [0.5, 0.6) is 0 Å². The first-order chi connectivity index (χ1) is 8.08. The minimum atomic E-state index is -0.778. The first kappa shape index (κ1) is 12.8. The molecule has 0 aromatic heterocycles. The normalized spacial score (nSPS) is 37.8. The van der Waals surface area contributed by atoms with Gasteiger partial charge in [-0.3, -0.25) is 4.79 Å². The fourth-order valence-electron chi connectivity index (χ4n) is 3.26. The minimum Gasteiger partial charge on any atom is -0.480 e. The molecule has 17 heavy (non-hydrogen) atoms. The van der Waals surface area contributed by atoms with Crippen LogP contribution in [0, 0.1) is 17.8 Å². The molecule has 2 aliphatic rings. The molecule has 2 N–H and O–H groups in total. The first-order valence-corrected chi connectivity index (χ1v) is 6.65. The second-order valence-corrected chi connectivity index (χ2v) is 5.84. The first-order valence-electron chi connectivity index (χ1n) is 6.65. The van der Waals surface area contributed by atoms with E-state index >= 15 is 0 Å². The maximum atomic E-state index is 11.1. The molecule has 2 aliphatic heterocycles. The quantitative estimate of drug-likeness (QED) is 0.786. The van der Waals surface area contributed by atoms with Crippen molar-refractivity contribution in [2.45, 2.75) is 45.3 Å². The molecule has 2 saturated heterocycles. The van der Waals surface area contributed by atoms with E-state index in [1.165, 1.54) is 6.42 Å². The fraction of sp³-hybridized carbons (Fsp3) is 0.923. The molecule has 2 fully saturated rings. The summed E-state index contributed by atoms with van der Waals surface area (Å²) in [6, 6.07) is -0.502. The van der Waals surface area contributed by atoms with Crippen LogP contribution < -0.4 is 5.32 Å². The molecule has 0 amide bonds. The van der Waals surface area contributed by atoms with E-state index in [-0.39, 0.29) is 6.10 Å².